The number of anilines is 2. The number of para-hydroxylation sites is 2. The van der Waals surface area contributed by atoms with Gasteiger partial charge in [-0.3, -0.25) is 19.4 Å². The molecule has 27 heavy (non-hydrogen) atoms. The Kier molecular flexibility index (Phi) is 4.33. The molecule has 136 valence electrons. The average molecular weight is 384 g/mol. The number of benzene rings is 2. The van der Waals surface area contributed by atoms with Gasteiger partial charge in [-0.2, -0.15) is 5.11 Å². The lowest BCUT2D eigenvalue weighted by Gasteiger charge is -2.20. The summed E-state index contributed by atoms with van der Waals surface area (Å²) in [6.07, 6.45) is 0. The van der Waals surface area contributed by atoms with E-state index in [9.17, 15) is 14.4 Å². The van der Waals surface area contributed by atoms with Gasteiger partial charge in [-0.05, 0) is 24.3 Å². The third kappa shape index (κ3) is 3.04. The molecule has 3 amide bonds. The molecule has 2 unspecified atom stereocenters. The first-order valence-electron chi connectivity index (χ1n) is 8.21. The Labute approximate surface area is 159 Å². The fraction of sp³-hybridized carbons (Fsp3) is 0.167. The van der Waals surface area contributed by atoms with E-state index in [-0.39, 0.29) is 6.54 Å². The highest BCUT2D eigenvalue weighted by molar-refractivity contribution is 6.33. The molecule has 2 aliphatic rings. The molecular weight excluding hydrogens is 370 g/mol. The standard InChI is InChI=1S/C18H14ClN5O3/c19-12-8-4-5-9-13(12)20-14(25)10-23-16-15(21-22-23)17(26)24(18(16)27)11-6-2-1-3-7-11/h1-9,15-16H,10H2,(H,20,25). The Balaban J connectivity index is 1.49. The van der Waals surface area contributed by atoms with Crippen molar-refractivity contribution in [3.05, 3.63) is 59.6 Å². The molecule has 1 fully saturated rings. The zero-order valence-corrected chi connectivity index (χ0v) is 14.7. The third-order valence-corrected chi connectivity index (χ3v) is 4.66. The first-order chi connectivity index (χ1) is 13.1. The summed E-state index contributed by atoms with van der Waals surface area (Å²) in [6, 6.07) is 13.5. The highest BCUT2D eigenvalue weighted by Crippen LogP contribution is 2.31. The molecule has 0 radical (unpaired) electrons. The molecule has 2 atom stereocenters. The Morgan fingerprint density at radius 1 is 1.04 bits per heavy atom. The van der Waals surface area contributed by atoms with Crippen molar-refractivity contribution in [2.45, 2.75) is 12.1 Å². The Morgan fingerprint density at radius 3 is 2.48 bits per heavy atom. The maximum atomic E-state index is 12.8. The van der Waals surface area contributed by atoms with Gasteiger partial charge < -0.3 is 5.32 Å². The van der Waals surface area contributed by atoms with Crippen LogP contribution in [0.1, 0.15) is 0 Å². The smallest absolute Gasteiger partial charge is 0.263 e. The minimum absolute atomic E-state index is 0.225. The Morgan fingerprint density at radius 2 is 1.74 bits per heavy atom. The van der Waals surface area contributed by atoms with E-state index < -0.39 is 29.8 Å². The van der Waals surface area contributed by atoms with E-state index in [0.717, 1.165) is 4.90 Å². The predicted octanol–water partition coefficient (Wildman–Crippen LogP) is 2.27. The lowest BCUT2D eigenvalue weighted by molar-refractivity contribution is -0.123. The number of imide groups is 1. The molecule has 0 saturated carbocycles. The molecule has 2 aromatic carbocycles. The van der Waals surface area contributed by atoms with Gasteiger partial charge in [0.25, 0.3) is 11.8 Å². The van der Waals surface area contributed by atoms with Crippen molar-refractivity contribution in [3.8, 4) is 0 Å². The highest BCUT2D eigenvalue weighted by atomic mass is 35.5. The van der Waals surface area contributed by atoms with E-state index in [0.29, 0.717) is 16.4 Å². The van der Waals surface area contributed by atoms with Gasteiger partial charge in [0.05, 0.1) is 16.4 Å². The second-order valence-electron chi connectivity index (χ2n) is 6.07. The number of nitrogens with one attached hydrogen (secondary N) is 1. The van der Waals surface area contributed by atoms with Gasteiger partial charge in [-0.25, -0.2) is 4.90 Å². The summed E-state index contributed by atoms with van der Waals surface area (Å²) in [5, 5.41) is 12.0. The summed E-state index contributed by atoms with van der Waals surface area (Å²) in [5.74, 6) is -1.32. The first kappa shape index (κ1) is 17.2. The monoisotopic (exact) mass is 383 g/mol. The van der Waals surface area contributed by atoms with Crippen LogP contribution in [0, 0.1) is 0 Å². The molecule has 9 heteroatoms. The minimum Gasteiger partial charge on any atom is -0.323 e. The number of nitrogens with zero attached hydrogens (tertiary/aromatic N) is 4. The molecule has 0 aromatic heterocycles. The number of rotatable bonds is 4. The second-order valence-corrected chi connectivity index (χ2v) is 6.47. The molecule has 2 aliphatic heterocycles. The van der Waals surface area contributed by atoms with Crippen LogP contribution in [0.5, 0.6) is 0 Å². The maximum Gasteiger partial charge on any atom is 0.263 e. The molecular formula is C18H14ClN5O3. The van der Waals surface area contributed by atoms with E-state index in [1.807, 2.05) is 0 Å². The number of carbonyl (C=O) groups excluding carboxylic acids is 3. The number of halogens is 1. The van der Waals surface area contributed by atoms with Gasteiger partial charge in [0.2, 0.25) is 5.91 Å². The molecule has 0 spiro atoms. The van der Waals surface area contributed by atoms with Crippen LogP contribution >= 0.6 is 11.6 Å². The number of hydrogen-bond acceptors (Lipinski definition) is 6. The van der Waals surface area contributed by atoms with E-state index in [2.05, 4.69) is 15.7 Å². The summed E-state index contributed by atoms with van der Waals surface area (Å²) in [4.78, 5) is 38.8. The Hall–Kier alpha value is -3.26. The number of amides is 3. The molecule has 1 N–H and O–H groups in total. The van der Waals surface area contributed by atoms with Crippen molar-refractivity contribution >= 4 is 40.7 Å². The van der Waals surface area contributed by atoms with Crippen molar-refractivity contribution in [3.63, 3.8) is 0 Å². The maximum absolute atomic E-state index is 12.8. The largest absolute Gasteiger partial charge is 0.323 e. The Bertz CT molecular complexity index is 949. The van der Waals surface area contributed by atoms with Crippen LogP contribution in [0.2, 0.25) is 5.02 Å². The summed E-state index contributed by atoms with van der Waals surface area (Å²) < 4.78 is 0. The number of hydrogen-bond donors (Lipinski definition) is 1. The predicted molar refractivity (Wildman–Crippen MR) is 98.2 cm³/mol. The van der Waals surface area contributed by atoms with Crippen LogP contribution in [-0.2, 0) is 14.4 Å². The van der Waals surface area contributed by atoms with Crippen molar-refractivity contribution in [1.82, 2.24) is 5.01 Å². The summed E-state index contributed by atoms with van der Waals surface area (Å²) in [6.45, 7) is -0.225. The molecule has 2 aromatic rings. The van der Waals surface area contributed by atoms with E-state index in [4.69, 9.17) is 11.6 Å². The number of carbonyl (C=O) groups is 3. The normalized spacial score (nSPS) is 20.9. The minimum atomic E-state index is -0.939. The van der Waals surface area contributed by atoms with Gasteiger partial charge in [0.1, 0.15) is 6.54 Å². The quantitative estimate of drug-likeness (QED) is 0.819. The zero-order valence-electron chi connectivity index (χ0n) is 13.9. The topological polar surface area (TPSA) is 94.4 Å². The molecule has 0 bridgehead atoms. The van der Waals surface area contributed by atoms with Gasteiger partial charge in [-0.15, -0.1) is 0 Å². The van der Waals surface area contributed by atoms with Crippen molar-refractivity contribution < 1.29 is 14.4 Å². The van der Waals surface area contributed by atoms with Crippen LogP contribution in [-0.4, -0.2) is 41.4 Å². The lowest BCUT2D eigenvalue weighted by atomic mass is 10.1. The summed E-state index contributed by atoms with van der Waals surface area (Å²) in [7, 11) is 0. The van der Waals surface area contributed by atoms with E-state index >= 15 is 0 Å². The molecule has 2 heterocycles. The van der Waals surface area contributed by atoms with Gasteiger partial charge in [0, 0.05) is 0 Å². The lowest BCUT2D eigenvalue weighted by Crippen LogP contribution is -2.43. The van der Waals surface area contributed by atoms with Gasteiger partial charge >= 0.3 is 0 Å². The van der Waals surface area contributed by atoms with Crippen molar-refractivity contribution in [2.75, 3.05) is 16.8 Å². The first-order valence-corrected chi connectivity index (χ1v) is 8.59. The summed E-state index contributed by atoms with van der Waals surface area (Å²) in [5.41, 5.74) is 0.925. The van der Waals surface area contributed by atoms with Gasteiger partial charge in [0.15, 0.2) is 12.1 Å². The van der Waals surface area contributed by atoms with Crippen molar-refractivity contribution in [2.24, 2.45) is 10.3 Å². The van der Waals surface area contributed by atoms with E-state index in [1.54, 1.807) is 54.6 Å². The van der Waals surface area contributed by atoms with Crippen molar-refractivity contribution in [1.29, 1.82) is 0 Å². The van der Waals surface area contributed by atoms with Crippen LogP contribution < -0.4 is 10.2 Å². The highest BCUT2D eigenvalue weighted by Gasteiger charge is 2.55. The third-order valence-electron chi connectivity index (χ3n) is 4.33. The average Bonchev–Trinajstić information content (AvgIpc) is 3.18. The summed E-state index contributed by atoms with van der Waals surface area (Å²) >= 11 is 6.03. The van der Waals surface area contributed by atoms with E-state index in [1.165, 1.54) is 5.01 Å². The molecule has 0 aliphatic carbocycles. The molecule has 4 rings (SSSR count). The SMILES string of the molecule is O=C(CN1N=NC2C(=O)N(c3ccccc3)C(=O)C21)Nc1ccccc1Cl. The molecule has 1 saturated heterocycles. The van der Waals surface area contributed by atoms with Crippen LogP contribution in [0.15, 0.2) is 64.9 Å². The molecule has 8 nitrogen and oxygen atoms in total. The van der Waals surface area contributed by atoms with Crippen LogP contribution in [0.4, 0.5) is 11.4 Å². The fourth-order valence-electron chi connectivity index (χ4n) is 3.08. The second kappa shape index (κ2) is 6.81. The number of fused-ring (bicyclic) bond motifs is 1. The van der Waals surface area contributed by atoms with Crippen LogP contribution in [0.3, 0.4) is 0 Å². The van der Waals surface area contributed by atoms with Crippen LogP contribution in [0.25, 0.3) is 0 Å². The fourth-order valence-corrected chi connectivity index (χ4v) is 3.27. The van der Waals surface area contributed by atoms with Gasteiger partial charge in [-0.1, -0.05) is 47.2 Å². The zero-order chi connectivity index (χ0) is 19.0.